The monoisotopic (exact) mass is 420 g/mol. The van der Waals surface area contributed by atoms with Gasteiger partial charge in [0, 0.05) is 25.0 Å². The smallest absolute Gasteiger partial charge is 0.234 e. The Bertz CT molecular complexity index is 567. The molecule has 0 aromatic heterocycles. The van der Waals surface area contributed by atoms with Gasteiger partial charge in [-0.3, -0.25) is 14.5 Å². The zero-order chi connectivity index (χ0) is 20.2. The molecule has 0 aromatic rings. The molecule has 30 heavy (non-hydrogen) atoms. The first-order valence-corrected chi connectivity index (χ1v) is 12.3. The fraction of sp³-hybridized carbons (Fsp3) is 0.920. The van der Waals surface area contributed by atoms with E-state index in [1.807, 2.05) is 0 Å². The Hall–Kier alpha value is -0.940. The number of hydrogen-bond donors (Lipinski definition) is 1. The van der Waals surface area contributed by atoms with Crippen LogP contribution in [0.5, 0.6) is 0 Å². The zero-order valence-corrected chi connectivity index (χ0v) is 18.2. The minimum Gasteiger partial charge on any atom is -0.375 e. The highest BCUT2D eigenvalue weighted by Crippen LogP contribution is 2.45. The van der Waals surface area contributed by atoms with Gasteiger partial charge < -0.3 is 10.1 Å². The normalized spacial score (nSPS) is 33.5. The molecule has 172 valence electrons. The highest BCUT2D eigenvalue weighted by molar-refractivity contribution is 5.82. The van der Waals surface area contributed by atoms with E-state index in [0.29, 0.717) is 30.6 Å². The molecule has 1 aliphatic heterocycles. The molecule has 0 bridgehead atoms. The van der Waals surface area contributed by atoms with Gasteiger partial charge in [-0.05, 0) is 57.3 Å². The summed E-state index contributed by atoms with van der Waals surface area (Å²) in [5, 5.41) is 3.30. The van der Waals surface area contributed by atoms with Crippen molar-refractivity contribution >= 4 is 11.7 Å². The number of rotatable bonds is 6. The number of piperidine rings is 1. The van der Waals surface area contributed by atoms with Crippen LogP contribution in [0.3, 0.4) is 0 Å². The highest BCUT2D eigenvalue weighted by Gasteiger charge is 2.46. The lowest BCUT2D eigenvalue weighted by Crippen LogP contribution is -2.49. The summed E-state index contributed by atoms with van der Waals surface area (Å²) < 4.78 is 6.33. The second-order valence-corrected chi connectivity index (χ2v) is 10.1. The lowest BCUT2D eigenvalue weighted by Gasteiger charge is -2.35. The second kappa shape index (κ2) is 11.1. The molecule has 4 rings (SSSR count). The van der Waals surface area contributed by atoms with Crippen molar-refractivity contribution in [1.29, 1.82) is 0 Å². The Morgan fingerprint density at radius 1 is 0.900 bits per heavy atom. The summed E-state index contributed by atoms with van der Waals surface area (Å²) >= 11 is 0. The zero-order valence-electron chi connectivity index (χ0n) is 18.2. The first kappa shape index (κ1) is 23.7. The van der Waals surface area contributed by atoms with Crippen molar-refractivity contribution in [2.75, 3.05) is 19.6 Å². The summed E-state index contributed by atoms with van der Waals surface area (Å²) in [4.78, 5) is 27.3. The maximum atomic E-state index is 12.8. The predicted molar refractivity (Wildman–Crippen MR) is 120 cm³/mol. The van der Waals surface area contributed by atoms with Crippen LogP contribution in [0, 0.1) is 17.8 Å². The first-order chi connectivity index (χ1) is 14.1. The van der Waals surface area contributed by atoms with Crippen molar-refractivity contribution in [2.45, 2.75) is 110 Å². The molecule has 0 radical (unpaired) electrons. The summed E-state index contributed by atoms with van der Waals surface area (Å²) in [5.74, 6) is 1.54. The molecule has 1 amide bonds. The number of ether oxygens (including phenoxy) is 1. The molecule has 4 aliphatic rings. The molecule has 4 fully saturated rings. The Morgan fingerprint density at radius 3 is 2.23 bits per heavy atom. The Kier molecular flexibility index (Phi) is 8.76. The minimum absolute atomic E-state index is 0. The molecule has 1 N–H and O–H groups in total. The van der Waals surface area contributed by atoms with Crippen LogP contribution in [0.25, 0.3) is 0 Å². The third-order valence-electron chi connectivity index (χ3n) is 8.11. The van der Waals surface area contributed by atoms with Crippen LogP contribution in [0.4, 0.5) is 0 Å². The molecule has 5 heteroatoms. The van der Waals surface area contributed by atoms with Crippen molar-refractivity contribution in [3.05, 3.63) is 0 Å². The van der Waals surface area contributed by atoms with E-state index in [1.165, 1.54) is 57.8 Å². The molecule has 1 heterocycles. The highest BCUT2D eigenvalue weighted by atomic mass is 16.5. The van der Waals surface area contributed by atoms with Crippen molar-refractivity contribution in [3.63, 3.8) is 0 Å². The van der Waals surface area contributed by atoms with Crippen LogP contribution >= 0.6 is 0 Å². The van der Waals surface area contributed by atoms with Crippen molar-refractivity contribution in [3.8, 4) is 0 Å². The molecule has 4 atom stereocenters. The average Bonchev–Trinajstić information content (AvgIpc) is 3.09. The van der Waals surface area contributed by atoms with Gasteiger partial charge in [0.05, 0.1) is 18.8 Å². The fourth-order valence-electron chi connectivity index (χ4n) is 6.51. The molecule has 3 aliphatic carbocycles. The van der Waals surface area contributed by atoms with Gasteiger partial charge in [-0.1, -0.05) is 46.0 Å². The number of nitrogens with one attached hydrogen (secondary N) is 1. The topological polar surface area (TPSA) is 58.6 Å². The van der Waals surface area contributed by atoms with Gasteiger partial charge in [-0.15, -0.1) is 0 Å². The Labute approximate surface area is 183 Å². The average molecular weight is 421 g/mol. The molecular weight excluding hydrogens is 376 g/mol. The first-order valence-electron chi connectivity index (χ1n) is 12.3. The van der Waals surface area contributed by atoms with Crippen LogP contribution in [0.1, 0.15) is 91.4 Å². The standard InChI is InChI=1S/C24H40N2O3.CH4/c1-17(27)22-15-18-7-5-6-10-21(18)24(22)25-23(28)16-26-13-11-20(12-14-26)29-19-8-3-2-4-9-19;/h18-22,24H,2-16H2,1H3,(H,25,28);1H4. The maximum absolute atomic E-state index is 12.8. The van der Waals surface area contributed by atoms with E-state index in [0.717, 1.165) is 32.4 Å². The number of likely N-dealkylation sites (tertiary alicyclic amines) is 1. The molecule has 0 aromatic carbocycles. The number of nitrogens with zero attached hydrogens (tertiary/aromatic N) is 1. The fourth-order valence-corrected chi connectivity index (χ4v) is 6.51. The van der Waals surface area contributed by atoms with Gasteiger partial charge in [0.25, 0.3) is 0 Å². The van der Waals surface area contributed by atoms with Gasteiger partial charge in [-0.2, -0.15) is 0 Å². The predicted octanol–water partition coefficient (Wildman–Crippen LogP) is 4.34. The van der Waals surface area contributed by atoms with Gasteiger partial charge in [0.15, 0.2) is 0 Å². The van der Waals surface area contributed by atoms with E-state index < -0.39 is 0 Å². The summed E-state index contributed by atoms with van der Waals surface area (Å²) in [6.07, 6.45) is 15.3. The van der Waals surface area contributed by atoms with Crippen molar-refractivity contribution in [2.24, 2.45) is 17.8 Å². The minimum atomic E-state index is 0. The number of hydrogen-bond acceptors (Lipinski definition) is 4. The van der Waals surface area contributed by atoms with Crippen LogP contribution in [0.2, 0.25) is 0 Å². The number of fused-ring (bicyclic) bond motifs is 1. The van der Waals surface area contributed by atoms with E-state index in [1.54, 1.807) is 6.92 Å². The molecule has 1 saturated heterocycles. The van der Waals surface area contributed by atoms with Gasteiger partial charge in [0.2, 0.25) is 5.91 Å². The molecule has 3 saturated carbocycles. The van der Waals surface area contributed by atoms with E-state index in [2.05, 4.69) is 10.2 Å². The summed E-state index contributed by atoms with van der Waals surface area (Å²) in [7, 11) is 0. The number of ketones is 1. The van der Waals surface area contributed by atoms with Gasteiger partial charge in [0.1, 0.15) is 5.78 Å². The third-order valence-corrected chi connectivity index (χ3v) is 8.11. The van der Waals surface area contributed by atoms with E-state index >= 15 is 0 Å². The Morgan fingerprint density at radius 2 is 1.53 bits per heavy atom. The number of amides is 1. The quantitative estimate of drug-likeness (QED) is 0.695. The van der Waals surface area contributed by atoms with E-state index in [4.69, 9.17) is 4.74 Å². The van der Waals surface area contributed by atoms with E-state index in [9.17, 15) is 9.59 Å². The SMILES string of the molecule is C.CC(=O)C1CC2CCCCC2C1NC(=O)CN1CCC(OC2CCCCC2)CC1. The number of carbonyl (C=O) groups is 2. The number of carbonyl (C=O) groups excluding carboxylic acids is 2. The van der Waals surface area contributed by atoms with Crippen LogP contribution < -0.4 is 5.32 Å². The Balaban J connectivity index is 0.00000256. The van der Waals surface area contributed by atoms with Gasteiger partial charge in [-0.25, -0.2) is 0 Å². The van der Waals surface area contributed by atoms with Crippen LogP contribution in [-0.2, 0) is 14.3 Å². The maximum Gasteiger partial charge on any atom is 0.234 e. The summed E-state index contributed by atoms with van der Waals surface area (Å²) in [6.45, 7) is 4.06. The van der Waals surface area contributed by atoms with Crippen molar-refractivity contribution < 1.29 is 14.3 Å². The van der Waals surface area contributed by atoms with Crippen LogP contribution in [-0.4, -0.2) is 54.5 Å². The number of Topliss-reactive ketones (excluding diaryl/α,β-unsaturated/α-hetero) is 1. The summed E-state index contributed by atoms with van der Waals surface area (Å²) in [6, 6.07) is 0.0671. The van der Waals surface area contributed by atoms with Crippen molar-refractivity contribution in [1.82, 2.24) is 10.2 Å². The summed E-state index contributed by atoms with van der Waals surface area (Å²) in [5.41, 5.74) is 0. The largest absolute Gasteiger partial charge is 0.375 e. The third kappa shape index (κ3) is 5.85. The van der Waals surface area contributed by atoms with E-state index in [-0.39, 0.29) is 31.1 Å². The molecule has 0 spiro atoms. The molecule has 4 unspecified atom stereocenters. The lowest BCUT2D eigenvalue weighted by molar-refractivity contribution is -0.126. The van der Waals surface area contributed by atoms with Crippen LogP contribution in [0.15, 0.2) is 0 Å². The lowest BCUT2D eigenvalue weighted by atomic mass is 9.80. The second-order valence-electron chi connectivity index (χ2n) is 10.1. The molecule has 5 nitrogen and oxygen atoms in total. The molecular formula is C25H44N2O3. The van der Waals surface area contributed by atoms with Gasteiger partial charge >= 0.3 is 0 Å².